The molecule has 1 aliphatic rings. The summed E-state index contributed by atoms with van der Waals surface area (Å²) in [5, 5.41) is 0. The Morgan fingerprint density at radius 1 is 1.48 bits per heavy atom. The van der Waals surface area contributed by atoms with Crippen molar-refractivity contribution in [3.63, 3.8) is 0 Å². The lowest BCUT2D eigenvalue weighted by atomic mass is 9.79. The van der Waals surface area contributed by atoms with E-state index in [9.17, 15) is 4.79 Å². The molecule has 4 nitrogen and oxygen atoms in total. The van der Waals surface area contributed by atoms with Crippen LogP contribution in [0, 0.1) is 5.41 Å². The smallest absolute Gasteiger partial charge is 0.222 e. The summed E-state index contributed by atoms with van der Waals surface area (Å²) in [6, 6.07) is 7.91. The van der Waals surface area contributed by atoms with Crippen LogP contribution in [0.15, 0.2) is 28.7 Å². The second-order valence-electron chi connectivity index (χ2n) is 6.61. The number of piperidine rings is 1. The van der Waals surface area contributed by atoms with E-state index in [1.807, 2.05) is 29.2 Å². The van der Waals surface area contributed by atoms with E-state index in [2.05, 4.69) is 29.8 Å². The molecule has 2 N–H and O–H groups in total. The van der Waals surface area contributed by atoms with Crippen LogP contribution in [-0.2, 0) is 4.79 Å². The molecule has 1 aromatic carbocycles. The van der Waals surface area contributed by atoms with Crippen LogP contribution < -0.4 is 10.5 Å². The van der Waals surface area contributed by atoms with Crippen LogP contribution in [0.1, 0.15) is 33.1 Å². The molecule has 0 bridgehead atoms. The van der Waals surface area contributed by atoms with Gasteiger partial charge < -0.3 is 15.4 Å². The van der Waals surface area contributed by atoms with Crippen molar-refractivity contribution in [3.8, 4) is 5.75 Å². The zero-order valence-electron chi connectivity index (χ0n) is 13.8. The predicted octanol–water partition coefficient (Wildman–Crippen LogP) is 3.62. The SMILES string of the molecule is CC1(C)CN(C(=O)CCCOc2cccc(Br)c2)CCC1N.Cl. The highest BCUT2D eigenvalue weighted by Gasteiger charge is 2.34. The van der Waals surface area contributed by atoms with Gasteiger partial charge in [-0.15, -0.1) is 12.4 Å². The van der Waals surface area contributed by atoms with Crippen molar-refractivity contribution in [2.45, 2.75) is 39.2 Å². The van der Waals surface area contributed by atoms with Gasteiger partial charge in [-0.3, -0.25) is 4.79 Å². The van der Waals surface area contributed by atoms with Crippen LogP contribution in [0.5, 0.6) is 5.75 Å². The van der Waals surface area contributed by atoms with E-state index in [-0.39, 0.29) is 29.8 Å². The molecule has 1 amide bonds. The maximum absolute atomic E-state index is 12.3. The first kappa shape index (κ1) is 20.3. The number of hydrogen-bond acceptors (Lipinski definition) is 3. The second kappa shape index (κ2) is 8.90. The van der Waals surface area contributed by atoms with Gasteiger partial charge in [-0.2, -0.15) is 0 Å². The van der Waals surface area contributed by atoms with E-state index in [4.69, 9.17) is 10.5 Å². The van der Waals surface area contributed by atoms with Gasteiger partial charge in [-0.25, -0.2) is 0 Å². The maximum atomic E-state index is 12.3. The predicted molar refractivity (Wildman–Crippen MR) is 99.1 cm³/mol. The van der Waals surface area contributed by atoms with Gasteiger partial charge in [0.15, 0.2) is 0 Å². The van der Waals surface area contributed by atoms with Gasteiger partial charge in [-0.05, 0) is 36.5 Å². The number of hydrogen-bond donors (Lipinski definition) is 1. The maximum Gasteiger partial charge on any atom is 0.222 e. The van der Waals surface area contributed by atoms with Crippen molar-refractivity contribution in [1.82, 2.24) is 4.90 Å². The normalized spacial score (nSPS) is 19.8. The number of carbonyl (C=O) groups is 1. The van der Waals surface area contributed by atoms with Crippen molar-refractivity contribution in [2.75, 3.05) is 19.7 Å². The summed E-state index contributed by atoms with van der Waals surface area (Å²) in [6.45, 7) is 6.34. The molecule has 130 valence electrons. The zero-order chi connectivity index (χ0) is 16.2. The molecule has 1 aliphatic heterocycles. The molecular formula is C17H26BrClN2O2. The fourth-order valence-electron chi connectivity index (χ4n) is 2.72. The van der Waals surface area contributed by atoms with Gasteiger partial charge in [-0.1, -0.05) is 35.8 Å². The average molecular weight is 406 g/mol. The summed E-state index contributed by atoms with van der Waals surface area (Å²) in [5.74, 6) is 1.03. The minimum absolute atomic E-state index is 0. The van der Waals surface area contributed by atoms with Gasteiger partial charge in [0.2, 0.25) is 5.91 Å². The molecule has 0 aromatic heterocycles. The fraction of sp³-hybridized carbons (Fsp3) is 0.588. The van der Waals surface area contributed by atoms with E-state index < -0.39 is 0 Å². The number of ether oxygens (including phenoxy) is 1. The van der Waals surface area contributed by atoms with E-state index >= 15 is 0 Å². The van der Waals surface area contributed by atoms with Crippen LogP contribution in [0.2, 0.25) is 0 Å². The van der Waals surface area contributed by atoms with E-state index in [1.165, 1.54) is 0 Å². The number of benzene rings is 1. The summed E-state index contributed by atoms with van der Waals surface area (Å²) in [5.41, 5.74) is 6.11. The number of amides is 1. The number of halogens is 2. The van der Waals surface area contributed by atoms with Crippen LogP contribution in [-0.4, -0.2) is 36.5 Å². The fourth-order valence-corrected chi connectivity index (χ4v) is 3.09. The first-order valence-electron chi connectivity index (χ1n) is 7.80. The largest absolute Gasteiger partial charge is 0.494 e. The Hall–Kier alpha value is -0.780. The van der Waals surface area contributed by atoms with Crippen molar-refractivity contribution in [1.29, 1.82) is 0 Å². The van der Waals surface area contributed by atoms with Crippen LogP contribution in [0.25, 0.3) is 0 Å². The summed E-state index contributed by atoms with van der Waals surface area (Å²) in [7, 11) is 0. The molecule has 1 aromatic rings. The molecule has 1 heterocycles. The van der Waals surface area contributed by atoms with Gasteiger partial charge in [0.1, 0.15) is 5.75 Å². The van der Waals surface area contributed by atoms with Crippen molar-refractivity contribution in [3.05, 3.63) is 28.7 Å². The van der Waals surface area contributed by atoms with Crippen molar-refractivity contribution >= 4 is 34.2 Å². The summed E-state index contributed by atoms with van der Waals surface area (Å²) in [6.07, 6.45) is 2.14. The number of nitrogens with two attached hydrogens (primary N) is 1. The van der Waals surface area contributed by atoms with Gasteiger partial charge in [0.05, 0.1) is 6.61 Å². The minimum Gasteiger partial charge on any atom is -0.494 e. The zero-order valence-corrected chi connectivity index (χ0v) is 16.2. The Kier molecular flexibility index (Phi) is 7.84. The molecule has 1 fully saturated rings. The van der Waals surface area contributed by atoms with Crippen molar-refractivity contribution in [2.24, 2.45) is 11.1 Å². The lowest BCUT2D eigenvalue weighted by molar-refractivity contribution is -0.134. The summed E-state index contributed by atoms with van der Waals surface area (Å²) in [4.78, 5) is 14.2. The quantitative estimate of drug-likeness (QED) is 0.761. The average Bonchev–Trinajstić information content (AvgIpc) is 2.46. The highest BCUT2D eigenvalue weighted by molar-refractivity contribution is 9.10. The van der Waals surface area contributed by atoms with Gasteiger partial charge in [0, 0.05) is 30.0 Å². The molecule has 1 unspecified atom stereocenters. The Morgan fingerprint density at radius 3 is 2.87 bits per heavy atom. The standard InChI is InChI=1S/C17H25BrN2O2.ClH/c1-17(2)12-20(9-8-15(17)19)16(21)7-4-10-22-14-6-3-5-13(18)11-14;/h3,5-6,11,15H,4,7-10,12,19H2,1-2H3;1H. The van der Waals surface area contributed by atoms with Gasteiger partial charge >= 0.3 is 0 Å². The third-order valence-electron chi connectivity index (χ3n) is 4.26. The van der Waals surface area contributed by atoms with E-state index in [0.29, 0.717) is 13.0 Å². The molecule has 0 radical (unpaired) electrons. The first-order chi connectivity index (χ1) is 10.4. The molecule has 0 saturated carbocycles. The highest BCUT2D eigenvalue weighted by atomic mass is 79.9. The summed E-state index contributed by atoms with van der Waals surface area (Å²) >= 11 is 3.41. The summed E-state index contributed by atoms with van der Waals surface area (Å²) < 4.78 is 6.66. The van der Waals surface area contributed by atoms with E-state index in [0.717, 1.165) is 36.2 Å². The van der Waals surface area contributed by atoms with E-state index in [1.54, 1.807) is 0 Å². The molecule has 1 atom stereocenters. The molecular weight excluding hydrogens is 380 g/mol. The lowest BCUT2D eigenvalue weighted by Crippen LogP contribution is -2.54. The minimum atomic E-state index is 0. The molecule has 6 heteroatoms. The Labute approximate surface area is 153 Å². The first-order valence-corrected chi connectivity index (χ1v) is 8.59. The third kappa shape index (κ3) is 5.98. The topological polar surface area (TPSA) is 55.6 Å². The third-order valence-corrected chi connectivity index (χ3v) is 4.76. The number of carbonyl (C=O) groups excluding carboxylic acids is 1. The monoisotopic (exact) mass is 404 g/mol. The Bertz CT molecular complexity index is 525. The number of nitrogens with zero attached hydrogens (tertiary/aromatic N) is 1. The molecule has 0 aliphatic carbocycles. The molecule has 1 saturated heterocycles. The lowest BCUT2D eigenvalue weighted by Gasteiger charge is -2.42. The molecule has 2 rings (SSSR count). The number of rotatable bonds is 5. The van der Waals surface area contributed by atoms with Crippen LogP contribution in [0.3, 0.4) is 0 Å². The van der Waals surface area contributed by atoms with Crippen molar-refractivity contribution < 1.29 is 9.53 Å². The van der Waals surface area contributed by atoms with Gasteiger partial charge in [0.25, 0.3) is 0 Å². The molecule has 0 spiro atoms. The van der Waals surface area contributed by atoms with Crippen LogP contribution in [0.4, 0.5) is 0 Å². The second-order valence-corrected chi connectivity index (χ2v) is 7.52. The Balaban J connectivity index is 0.00000264. The number of likely N-dealkylation sites (tertiary alicyclic amines) is 1. The highest BCUT2D eigenvalue weighted by Crippen LogP contribution is 2.28. The Morgan fingerprint density at radius 2 is 2.22 bits per heavy atom. The molecule has 23 heavy (non-hydrogen) atoms. The van der Waals surface area contributed by atoms with Crippen LogP contribution >= 0.6 is 28.3 Å².